The number of aliphatic hydroxyl groups excluding tert-OH is 1. The summed E-state index contributed by atoms with van der Waals surface area (Å²) in [7, 11) is 0. The Labute approximate surface area is 114 Å². The molecule has 1 atom stereocenters. The zero-order chi connectivity index (χ0) is 12.6. The van der Waals surface area contributed by atoms with Gasteiger partial charge in [0.05, 0.1) is 20.8 Å². The molecule has 1 saturated heterocycles. The van der Waals surface area contributed by atoms with Crippen molar-refractivity contribution in [3.63, 3.8) is 0 Å². The molecule has 1 unspecified atom stereocenters. The van der Waals surface area contributed by atoms with Crippen molar-refractivity contribution in [3.05, 3.63) is 27.2 Å². The summed E-state index contributed by atoms with van der Waals surface area (Å²) in [5.74, 6) is -0.114. The van der Waals surface area contributed by atoms with Crippen molar-refractivity contribution in [2.75, 3.05) is 18.1 Å². The van der Waals surface area contributed by atoms with E-state index in [1.807, 2.05) is 0 Å². The van der Waals surface area contributed by atoms with E-state index in [-0.39, 0.29) is 18.4 Å². The number of nitrogens with zero attached hydrogens (tertiary/aromatic N) is 1. The average Bonchev–Trinajstić information content (AvgIpc) is 2.65. The molecule has 1 aliphatic heterocycles. The van der Waals surface area contributed by atoms with E-state index in [0.717, 1.165) is 0 Å². The van der Waals surface area contributed by atoms with Crippen molar-refractivity contribution in [1.82, 2.24) is 0 Å². The molecule has 1 aromatic rings. The number of rotatable bonds is 2. The van der Waals surface area contributed by atoms with Crippen LogP contribution in [-0.2, 0) is 4.79 Å². The highest BCUT2D eigenvalue weighted by Crippen LogP contribution is 2.37. The summed E-state index contributed by atoms with van der Waals surface area (Å²) >= 11 is 17.8. The zero-order valence-corrected chi connectivity index (χ0v) is 11.1. The number of hydrogen-bond acceptors (Lipinski definition) is 2. The average molecular weight is 295 g/mol. The molecule has 0 saturated carbocycles. The second kappa shape index (κ2) is 5.02. The van der Waals surface area contributed by atoms with E-state index in [1.165, 1.54) is 11.0 Å². The molecular weight excluding hydrogens is 284 g/mol. The Bertz CT molecular complexity index is 464. The molecule has 17 heavy (non-hydrogen) atoms. The smallest absolute Gasteiger partial charge is 0.227 e. The second-order valence-corrected chi connectivity index (χ2v) is 5.20. The lowest BCUT2D eigenvalue weighted by Crippen LogP contribution is -2.25. The highest BCUT2D eigenvalue weighted by Gasteiger charge is 2.31. The van der Waals surface area contributed by atoms with Crippen molar-refractivity contribution in [2.45, 2.75) is 6.42 Å². The van der Waals surface area contributed by atoms with Crippen molar-refractivity contribution in [2.24, 2.45) is 5.92 Å². The Morgan fingerprint density at radius 2 is 1.88 bits per heavy atom. The predicted octanol–water partition coefficient (Wildman–Crippen LogP) is 2.99. The molecular formula is C11H10Cl3NO2. The molecule has 6 heteroatoms. The fraction of sp³-hybridized carbons (Fsp3) is 0.364. The van der Waals surface area contributed by atoms with Gasteiger partial charge in [0.25, 0.3) is 0 Å². The van der Waals surface area contributed by atoms with Gasteiger partial charge in [-0.15, -0.1) is 0 Å². The maximum atomic E-state index is 11.8. The number of carbonyl (C=O) groups is 1. The van der Waals surface area contributed by atoms with E-state index in [1.54, 1.807) is 6.07 Å². The second-order valence-electron chi connectivity index (χ2n) is 3.97. The third-order valence-electron chi connectivity index (χ3n) is 2.74. The molecule has 0 aromatic heterocycles. The van der Waals surface area contributed by atoms with Gasteiger partial charge in [-0.2, -0.15) is 0 Å². The molecule has 1 amide bonds. The highest BCUT2D eigenvalue weighted by molar-refractivity contribution is 6.44. The number of amides is 1. The fourth-order valence-electron chi connectivity index (χ4n) is 1.86. The molecule has 1 aliphatic rings. The van der Waals surface area contributed by atoms with Gasteiger partial charge in [-0.25, -0.2) is 0 Å². The molecule has 0 radical (unpaired) electrons. The van der Waals surface area contributed by atoms with Crippen molar-refractivity contribution >= 4 is 46.4 Å². The van der Waals surface area contributed by atoms with E-state index in [9.17, 15) is 4.79 Å². The van der Waals surface area contributed by atoms with E-state index in [0.29, 0.717) is 33.7 Å². The number of carbonyl (C=O) groups excluding carboxylic acids is 1. The topological polar surface area (TPSA) is 40.5 Å². The lowest BCUT2D eigenvalue weighted by Gasteiger charge is -2.18. The van der Waals surface area contributed by atoms with Gasteiger partial charge >= 0.3 is 0 Å². The number of benzene rings is 1. The van der Waals surface area contributed by atoms with Gasteiger partial charge in [0.2, 0.25) is 5.91 Å². The van der Waals surface area contributed by atoms with Crippen LogP contribution in [-0.4, -0.2) is 24.2 Å². The number of anilines is 1. The summed E-state index contributed by atoms with van der Waals surface area (Å²) in [5.41, 5.74) is 0.544. The summed E-state index contributed by atoms with van der Waals surface area (Å²) in [5, 5.41) is 10.1. The van der Waals surface area contributed by atoms with Gasteiger partial charge in [0.1, 0.15) is 0 Å². The van der Waals surface area contributed by atoms with Gasteiger partial charge in [0.15, 0.2) is 0 Å². The molecule has 92 valence electrons. The van der Waals surface area contributed by atoms with Gasteiger partial charge < -0.3 is 10.0 Å². The molecule has 1 aromatic carbocycles. The maximum Gasteiger partial charge on any atom is 0.227 e. The normalized spacial score (nSPS) is 20.1. The van der Waals surface area contributed by atoms with Crippen LogP contribution < -0.4 is 4.90 Å². The van der Waals surface area contributed by atoms with Crippen LogP contribution in [0.15, 0.2) is 12.1 Å². The SMILES string of the molecule is O=C1CC(CO)CN1c1cc(Cl)c(Cl)cc1Cl. The lowest BCUT2D eigenvalue weighted by atomic mass is 10.1. The largest absolute Gasteiger partial charge is 0.396 e. The molecule has 1 fully saturated rings. The van der Waals surface area contributed by atoms with E-state index < -0.39 is 0 Å². The van der Waals surface area contributed by atoms with Crippen LogP contribution in [0.3, 0.4) is 0 Å². The first-order chi connectivity index (χ1) is 8.02. The monoisotopic (exact) mass is 293 g/mol. The molecule has 1 heterocycles. The minimum Gasteiger partial charge on any atom is -0.396 e. The first-order valence-electron chi connectivity index (χ1n) is 5.08. The number of hydrogen-bond donors (Lipinski definition) is 1. The first-order valence-corrected chi connectivity index (χ1v) is 6.22. The van der Waals surface area contributed by atoms with E-state index >= 15 is 0 Å². The van der Waals surface area contributed by atoms with Crippen LogP contribution >= 0.6 is 34.8 Å². The Morgan fingerprint density at radius 1 is 1.24 bits per heavy atom. The van der Waals surface area contributed by atoms with E-state index in [4.69, 9.17) is 39.9 Å². The Balaban J connectivity index is 2.35. The summed E-state index contributed by atoms with van der Waals surface area (Å²) < 4.78 is 0. The van der Waals surface area contributed by atoms with Gasteiger partial charge in [-0.3, -0.25) is 4.79 Å². The quantitative estimate of drug-likeness (QED) is 0.852. The molecule has 0 bridgehead atoms. The van der Waals surface area contributed by atoms with Crippen molar-refractivity contribution < 1.29 is 9.90 Å². The summed E-state index contributed by atoms with van der Waals surface area (Å²) in [6.07, 6.45) is 0.326. The lowest BCUT2D eigenvalue weighted by molar-refractivity contribution is -0.117. The van der Waals surface area contributed by atoms with Gasteiger partial charge in [-0.05, 0) is 12.1 Å². The maximum absolute atomic E-state index is 11.8. The van der Waals surface area contributed by atoms with Crippen molar-refractivity contribution in [1.29, 1.82) is 0 Å². The number of halogens is 3. The summed E-state index contributed by atoms with van der Waals surface area (Å²) in [6.45, 7) is 0.439. The fourth-order valence-corrected chi connectivity index (χ4v) is 2.50. The Kier molecular flexibility index (Phi) is 3.83. The van der Waals surface area contributed by atoms with Crippen LogP contribution in [0.1, 0.15) is 6.42 Å². The molecule has 0 aliphatic carbocycles. The van der Waals surface area contributed by atoms with Crippen LogP contribution in [0.5, 0.6) is 0 Å². The third kappa shape index (κ3) is 2.52. The summed E-state index contributed by atoms with van der Waals surface area (Å²) in [4.78, 5) is 13.3. The Hall–Kier alpha value is -0.480. The highest BCUT2D eigenvalue weighted by atomic mass is 35.5. The van der Waals surface area contributed by atoms with Crippen LogP contribution in [0, 0.1) is 5.92 Å². The third-order valence-corrected chi connectivity index (χ3v) is 3.77. The molecule has 3 nitrogen and oxygen atoms in total. The van der Waals surface area contributed by atoms with Gasteiger partial charge in [0, 0.05) is 25.5 Å². The first kappa shape index (κ1) is 13.0. The molecule has 2 rings (SSSR count). The minimum absolute atomic E-state index is 0.0127. The molecule has 0 spiro atoms. The van der Waals surface area contributed by atoms with Crippen LogP contribution in [0.4, 0.5) is 5.69 Å². The Morgan fingerprint density at radius 3 is 2.47 bits per heavy atom. The standard InChI is InChI=1S/C11H10Cl3NO2/c12-7-2-9(14)10(3-8(7)13)15-4-6(5-16)1-11(15)17/h2-3,6,16H,1,4-5H2. The predicted molar refractivity (Wildman–Crippen MR) is 69.0 cm³/mol. The number of aliphatic hydroxyl groups is 1. The van der Waals surface area contributed by atoms with Crippen molar-refractivity contribution in [3.8, 4) is 0 Å². The van der Waals surface area contributed by atoms with Crippen LogP contribution in [0.25, 0.3) is 0 Å². The van der Waals surface area contributed by atoms with E-state index in [2.05, 4.69) is 0 Å². The summed E-state index contributed by atoms with van der Waals surface area (Å²) in [6, 6.07) is 3.09. The zero-order valence-electron chi connectivity index (χ0n) is 8.79. The van der Waals surface area contributed by atoms with Gasteiger partial charge in [-0.1, -0.05) is 34.8 Å². The minimum atomic E-state index is -0.0654. The molecule has 1 N–H and O–H groups in total. The van der Waals surface area contributed by atoms with Crippen LogP contribution in [0.2, 0.25) is 15.1 Å².